The second-order valence-corrected chi connectivity index (χ2v) is 5.53. The zero-order valence-corrected chi connectivity index (χ0v) is 12.6. The minimum absolute atomic E-state index is 0.141. The maximum absolute atomic E-state index is 11.8. The molecule has 2 aromatic rings. The highest BCUT2D eigenvalue weighted by Crippen LogP contribution is 2.30. The van der Waals surface area contributed by atoms with Crippen LogP contribution in [-0.2, 0) is 6.42 Å². The highest BCUT2D eigenvalue weighted by molar-refractivity contribution is 9.10. The Bertz CT molecular complexity index is 686. The summed E-state index contributed by atoms with van der Waals surface area (Å²) in [5.41, 5.74) is 2.38. The molecule has 102 valence electrons. The monoisotopic (exact) mass is 332 g/mol. The number of fused-ring (bicyclic) bond motifs is 1. The molecule has 0 bridgehead atoms. The summed E-state index contributed by atoms with van der Waals surface area (Å²) >= 11 is 3.50. The summed E-state index contributed by atoms with van der Waals surface area (Å²) in [5.74, 6) is 1.51. The number of benzene rings is 1. The van der Waals surface area contributed by atoms with Crippen LogP contribution in [0.25, 0.3) is 11.4 Å². The van der Waals surface area contributed by atoms with E-state index in [-0.39, 0.29) is 5.78 Å². The lowest BCUT2D eigenvalue weighted by atomic mass is 9.96. The van der Waals surface area contributed by atoms with Crippen molar-refractivity contribution in [1.29, 1.82) is 0 Å². The summed E-state index contributed by atoms with van der Waals surface area (Å²) in [7, 11) is 1.62. The quantitative estimate of drug-likeness (QED) is 0.845. The molecule has 1 aliphatic carbocycles. The van der Waals surface area contributed by atoms with E-state index in [4.69, 9.17) is 4.74 Å². The minimum atomic E-state index is 0.141. The SMILES string of the molecule is COc1ccc(Br)c(-c2ncc3c(n2)CCCC3=O)c1. The first-order valence-electron chi connectivity index (χ1n) is 6.42. The van der Waals surface area contributed by atoms with Crippen molar-refractivity contribution in [2.75, 3.05) is 7.11 Å². The smallest absolute Gasteiger partial charge is 0.166 e. The number of Topliss-reactive ketones (excluding diaryl/α,β-unsaturated/α-hetero) is 1. The van der Waals surface area contributed by atoms with Crippen LogP contribution < -0.4 is 4.74 Å². The van der Waals surface area contributed by atoms with Crippen LogP contribution in [0.5, 0.6) is 5.75 Å². The van der Waals surface area contributed by atoms with Crippen LogP contribution in [0.2, 0.25) is 0 Å². The zero-order chi connectivity index (χ0) is 14.1. The minimum Gasteiger partial charge on any atom is -0.497 e. The number of methoxy groups -OCH3 is 1. The van der Waals surface area contributed by atoms with E-state index >= 15 is 0 Å². The number of carbonyl (C=O) groups is 1. The largest absolute Gasteiger partial charge is 0.497 e. The summed E-state index contributed by atoms with van der Waals surface area (Å²) in [6.07, 6.45) is 3.93. The van der Waals surface area contributed by atoms with Gasteiger partial charge in [-0.3, -0.25) is 4.79 Å². The Kier molecular flexibility index (Phi) is 3.53. The second-order valence-electron chi connectivity index (χ2n) is 4.68. The molecule has 1 aromatic carbocycles. The standard InChI is InChI=1S/C15H13BrN2O2/c1-20-9-5-6-12(16)10(7-9)15-17-8-11-13(18-15)3-2-4-14(11)19/h5-8H,2-4H2,1H3. The third-order valence-electron chi connectivity index (χ3n) is 3.40. The molecule has 0 unspecified atom stereocenters. The first kappa shape index (κ1) is 13.2. The Balaban J connectivity index is 2.09. The molecule has 5 heteroatoms. The van der Waals surface area contributed by atoms with Crippen LogP contribution in [0.3, 0.4) is 0 Å². The van der Waals surface area contributed by atoms with Crippen LogP contribution >= 0.6 is 15.9 Å². The van der Waals surface area contributed by atoms with Crippen LogP contribution in [0, 0.1) is 0 Å². The molecule has 0 N–H and O–H groups in total. The number of ketones is 1. The van der Waals surface area contributed by atoms with Gasteiger partial charge in [-0.2, -0.15) is 0 Å². The van der Waals surface area contributed by atoms with Gasteiger partial charge in [-0.1, -0.05) is 15.9 Å². The fraction of sp³-hybridized carbons (Fsp3) is 0.267. The van der Waals surface area contributed by atoms with Gasteiger partial charge in [0.05, 0.1) is 18.4 Å². The number of aromatic nitrogens is 2. The highest BCUT2D eigenvalue weighted by Gasteiger charge is 2.20. The first-order valence-corrected chi connectivity index (χ1v) is 7.21. The van der Waals surface area contributed by atoms with Gasteiger partial charge < -0.3 is 4.74 Å². The maximum atomic E-state index is 11.8. The van der Waals surface area contributed by atoms with Crippen LogP contribution in [-0.4, -0.2) is 22.9 Å². The molecule has 20 heavy (non-hydrogen) atoms. The van der Waals surface area contributed by atoms with Gasteiger partial charge in [0, 0.05) is 22.7 Å². The normalized spacial score (nSPS) is 14.0. The molecule has 4 nitrogen and oxygen atoms in total. The van der Waals surface area contributed by atoms with Crippen molar-refractivity contribution >= 4 is 21.7 Å². The van der Waals surface area contributed by atoms with E-state index in [1.54, 1.807) is 13.3 Å². The molecule has 0 spiro atoms. The van der Waals surface area contributed by atoms with Crippen LogP contribution in [0.1, 0.15) is 28.9 Å². The van der Waals surface area contributed by atoms with E-state index in [2.05, 4.69) is 25.9 Å². The number of rotatable bonds is 2. The molecule has 0 amide bonds. The van der Waals surface area contributed by atoms with Gasteiger partial charge >= 0.3 is 0 Å². The maximum Gasteiger partial charge on any atom is 0.166 e. The predicted octanol–water partition coefficient (Wildman–Crippen LogP) is 3.43. The summed E-state index contributed by atoms with van der Waals surface area (Å²) in [6.45, 7) is 0. The Hall–Kier alpha value is -1.75. The molecule has 1 heterocycles. The molecular weight excluding hydrogens is 320 g/mol. The third-order valence-corrected chi connectivity index (χ3v) is 4.09. The lowest BCUT2D eigenvalue weighted by molar-refractivity contribution is 0.0971. The Labute approximate surface area is 125 Å². The number of aryl methyl sites for hydroxylation is 1. The molecule has 0 radical (unpaired) electrons. The Morgan fingerprint density at radius 1 is 1.25 bits per heavy atom. The topological polar surface area (TPSA) is 52.1 Å². The van der Waals surface area contributed by atoms with E-state index in [0.29, 0.717) is 17.8 Å². The van der Waals surface area contributed by atoms with Crippen LogP contribution in [0.15, 0.2) is 28.9 Å². The summed E-state index contributed by atoms with van der Waals surface area (Å²) in [6, 6.07) is 5.66. The van der Waals surface area contributed by atoms with Gasteiger partial charge in [-0.25, -0.2) is 9.97 Å². The molecule has 0 saturated heterocycles. The van der Waals surface area contributed by atoms with E-state index < -0.39 is 0 Å². The number of carbonyl (C=O) groups excluding carboxylic acids is 1. The molecule has 1 aromatic heterocycles. The molecular formula is C15H13BrN2O2. The van der Waals surface area contributed by atoms with Gasteiger partial charge in [-0.15, -0.1) is 0 Å². The van der Waals surface area contributed by atoms with Crippen molar-refractivity contribution in [2.24, 2.45) is 0 Å². The lowest BCUT2D eigenvalue weighted by Gasteiger charge is -2.14. The molecule has 0 saturated carbocycles. The molecule has 0 aliphatic heterocycles. The number of hydrogen-bond acceptors (Lipinski definition) is 4. The number of hydrogen-bond donors (Lipinski definition) is 0. The summed E-state index contributed by atoms with van der Waals surface area (Å²) in [4.78, 5) is 20.7. The van der Waals surface area contributed by atoms with Crippen molar-refractivity contribution in [2.45, 2.75) is 19.3 Å². The number of nitrogens with zero attached hydrogens (tertiary/aromatic N) is 2. The van der Waals surface area contributed by atoms with Gasteiger partial charge in [0.2, 0.25) is 0 Å². The average Bonchev–Trinajstić information content (AvgIpc) is 2.48. The zero-order valence-electron chi connectivity index (χ0n) is 11.0. The van der Waals surface area contributed by atoms with Gasteiger partial charge in [-0.05, 0) is 31.0 Å². The fourth-order valence-corrected chi connectivity index (χ4v) is 2.75. The third kappa shape index (κ3) is 2.33. The summed E-state index contributed by atoms with van der Waals surface area (Å²) in [5, 5.41) is 0. The molecule has 1 aliphatic rings. The van der Waals surface area contributed by atoms with Gasteiger partial charge in [0.15, 0.2) is 11.6 Å². The number of ether oxygens (including phenoxy) is 1. The first-order chi connectivity index (χ1) is 9.69. The molecule has 3 rings (SSSR count). The van der Waals surface area contributed by atoms with Crippen molar-refractivity contribution in [3.05, 3.63) is 40.1 Å². The van der Waals surface area contributed by atoms with E-state index in [1.807, 2.05) is 18.2 Å². The highest BCUT2D eigenvalue weighted by atomic mass is 79.9. The average molecular weight is 333 g/mol. The van der Waals surface area contributed by atoms with Crippen LogP contribution in [0.4, 0.5) is 0 Å². The lowest BCUT2D eigenvalue weighted by Crippen LogP contribution is -2.13. The van der Waals surface area contributed by atoms with Gasteiger partial charge in [0.25, 0.3) is 0 Å². The molecule has 0 atom stereocenters. The fourth-order valence-electron chi connectivity index (χ4n) is 2.32. The van der Waals surface area contributed by atoms with E-state index in [0.717, 1.165) is 34.3 Å². The molecule has 0 fully saturated rings. The number of halogens is 1. The van der Waals surface area contributed by atoms with Crippen molar-refractivity contribution in [3.8, 4) is 17.1 Å². The van der Waals surface area contributed by atoms with Crippen molar-refractivity contribution in [1.82, 2.24) is 9.97 Å². The van der Waals surface area contributed by atoms with Crippen molar-refractivity contribution in [3.63, 3.8) is 0 Å². The van der Waals surface area contributed by atoms with Crippen molar-refractivity contribution < 1.29 is 9.53 Å². The van der Waals surface area contributed by atoms with E-state index in [1.165, 1.54) is 0 Å². The predicted molar refractivity (Wildman–Crippen MR) is 79.0 cm³/mol. The summed E-state index contributed by atoms with van der Waals surface area (Å²) < 4.78 is 6.13. The Morgan fingerprint density at radius 3 is 2.90 bits per heavy atom. The van der Waals surface area contributed by atoms with E-state index in [9.17, 15) is 4.79 Å². The van der Waals surface area contributed by atoms with Gasteiger partial charge in [0.1, 0.15) is 5.75 Å². The second kappa shape index (κ2) is 5.32. The Morgan fingerprint density at radius 2 is 2.10 bits per heavy atom.